The zero-order valence-corrected chi connectivity index (χ0v) is 12.9. The molecule has 0 spiro atoms. The molecule has 0 radical (unpaired) electrons. The van der Waals surface area contributed by atoms with Crippen LogP contribution in [0.15, 0.2) is 0 Å². The topological polar surface area (TPSA) is 12.5 Å². The molecule has 0 heterocycles. The van der Waals surface area contributed by atoms with E-state index in [1.807, 2.05) is 5.06 Å². The monoisotopic (exact) mass is 243 g/mol. The standard InChI is InChI=1S/C15H33NO/c1-7-8-11-14(2)17-16(6)13-10-9-12-15(3,4)5/h14H,7-13H2,1-6H3. The molecule has 17 heavy (non-hydrogen) atoms. The average Bonchev–Trinajstić information content (AvgIpc) is 2.20. The molecule has 0 aromatic carbocycles. The molecule has 0 aromatic rings. The largest absolute Gasteiger partial charge is 0.296 e. The lowest BCUT2D eigenvalue weighted by atomic mass is 9.90. The molecule has 0 saturated carbocycles. The summed E-state index contributed by atoms with van der Waals surface area (Å²) in [5.41, 5.74) is 0.466. The van der Waals surface area contributed by atoms with E-state index in [1.165, 1.54) is 38.5 Å². The van der Waals surface area contributed by atoms with E-state index in [9.17, 15) is 0 Å². The van der Waals surface area contributed by atoms with Gasteiger partial charge in [-0.1, -0.05) is 47.0 Å². The van der Waals surface area contributed by atoms with Crippen LogP contribution in [0.25, 0.3) is 0 Å². The van der Waals surface area contributed by atoms with Gasteiger partial charge in [0.2, 0.25) is 0 Å². The van der Waals surface area contributed by atoms with E-state index in [0.29, 0.717) is 11.5 Å². The van der Waals surface area contributed by atoms with Crippen LogP contribution in [-0.2, 0) is 4.84 Å². The van der Waals surface area contributed by atoms with Crippen molar-refractivity contribution in [3.63, 3.8) is 0 Å². The molecule has 0 rings (SSSR count). The normalized spacial score (nSPS) is 14.3. The van der Waals surface area contributed by atoms with Crippen molar-refractivity contribution >= 4 is 0 Å². The predicted octanol–water partition coefficient (Wildman–Crippen LogP) is 4.64. The van der Waals surface area contributed by atoms with Gasteiger partial charge in [-0.05, 0) is 31.6 Å². The van der Waals surface area contributed by atoms with E-state index in [4.69, 9.17) is 4.84 Å². The van der Waals surface area contributed by atoms with Crippen LogP contribution in [-0.4, -0.2) is 24.8 Å². The van der Waals surface area contributed by atoms with E-state index in [-0.39, 0.29) is 0 Å². The second-order valence-electron chi connectivity index (χ2n) is 6.43. The van der Waals surface area contributed by atoms with Gasteiger partial charge in [0.25, 0.3) is 0 Å². The molecule has 2 nitrogen and oxygen atoms in total. The number of hydrogen-bond acceptors (Lipinski definition) is 2. The lowest BCUT2D eigenvalue weighted by Crippen LogP contribution is -2.25. The summed E-state index contributed by atoms with van der Waals surface area (Å²) in [5.74, 6) is 0. The van der Waals surface area contributed by atoms with E-state index in [2.05, 4.69) is 41.7 Å². The van der Waals surface area contributed by atoms with Gasteiger partial charge in [-0.15, -0.1) is 0 Å². The average molecular weight is 243 g/mol. The number of hydrogen-bond donors (Lipinski definition) is 0. The third-order valence-electron chi connectivity index (χ3n) is 2.97. The van der Waals surface area contributed by atoms with E-state index >= 15 is 0 Å². The second-order valence-corrected chi connectivity index (χ2v) is 6.43. The number of rotatable bonds is 9. The number of hydroxylamine groups is 2. The first kappa shape index (κ1) is 16.9. The van der Waals surface area contributed by atoms with Gasteiger partial charge in [0.1, 0.15) is 0 Å². The van der Waals surface area contributed by atoms with Crippen LogP contribution in [0, 0.1) is 5.41 Å². The SMILES string of the molecule is CCCCC(C)ON(C)CCCCC(C)(C)C. The molecule has 1 atom stereocenters. The minimum Gasteiger partial charge on any atom is -0.296 e. The first-order valence-electron chi connectivity index (χ1n) is 7.23. The molecule has 104 valence electrons. The van der Waals surface area contributed by atoms with Crippen LogP contribution in [0.2, 0.25) is 0 Å². The Morgan fingerprint density at radius 3 is 2.29 bits per heavy atom. The highest BCUT2D eigenvalue weighted by Gasteiger charge is 2.10. The molecule has 0 aliphatic heterocycles. The highest BCUT2D eigenvalue weighted by atomic mass is 16.7. The van der Waals surface area contributed by atoms with Crippen LogP contribution in [0.4, 0.5) is 0 Å². The fourth-order valence-electron chi connectivity index (χ4n) is 1.89. The molecule has 2 heteroatoms. The van der Waals surface area contributed by atoms with Crippen molar-refractivity contribution in [2.45, 2.75) is 79.2 Å². The van der Waals surface area contributed by atoms with Gasteiger partial charge in [0.15, 0.2) is 0 Å². The van der Waals surface area contributed by atoms with Gasteiger partial charge >= 0.3 is 0 Å². The van der Waals surface area contributed by atoms with Gasteiger partial charge in [-0.25, -0.2) is 0 Å². The molecule has 1 unspecified atom stereocenters. The molecule has 0 fully saturated rings. The Bertz CT molecular complexity index is 174. The maximum Gasteiger partial charge on any atom is 0.0765 e. The Hall–Kier alpha value is -0.0800. The predicted molar refractivity (Wildman–Crippen MR) is 76.0 cm³/mol. The Balaban J connectivity index is 3.49. The zero-order valence-electron chi connectivity index (χ0n) is 12.9. The summed E-state index contributed by atoms with van der Waals surface area (Å²) in [6.45, 7) is 12.4. The Kier molecular flexibility index (Phi) is 8.89. The maximum absolute atomic E-state index is 5.82. The van der Waals surface area contributed by atoms with Gasteiger partial charge in [-0.3, -0.25) is 4.84 Å². The van der Waals surface area contributed by atoms with E-state index < -0.39 is 0 Å². The molecule has 0 bridgehead atoms. The van der Waals surface area contributed by atoms with E-state index in [1.54, 1.807) is 0 Å². The Labute approximate surface area is 109 Å². The van der Waals surface area contributed by atoms with Gasteiger partial charge in [0, 0.05) is 13.6 Å². The molecule has 0 amide bonds. The van der Waals surface area contributed by atoms with E-state index in [0.717, 1.165) is 6.54 Å². The summed E-state index contributed by atoms with van der Waals surface area (Å²) >= 11 is 0. The molecule has 0 N–H and O–H groups in total. The van der Waals surface area contributed by atoms with Crippen molar-refractivity contribution in [3.8, 4) is 0 Å². The smallest absolute Gasteiger partial charge is 0.0765 e. The Morgan fingerprint density at radius 1 is 1.12 bits per heavy atom. The van der Waals surface area contributed by atoms with Gasteiger partial charge in [-0.2, -0.15) is 5.06 Å². The fraction of sp³-hybridized carbons (Fsp3) is 1.00. The zero-order chi connectivity index (χ0) is 13.3. The lowest BCUT2D eigenvalue weighted by Gasteiger charge is -2.23. The summed E-state index contributed by atoms with van der Waals surface area (Å²) in [5, 5.41) is 2.02. The van der Waals surface area contributed by atoms with Gasteiger partial charge < -0.3 is 0 Å². The first-order chi connectivity index (χ1) is 7.85. The molecular weight excluding hydrogens is 210 g/mol. The van der Waals surface area contributed by atoms with Crippen molar-refractivity contribution < 1.29 is 4.84 Å². The van der Waals surface area contributed by atoms with Crippen LogP contribution in [0.5, 0.6) is 0 Å². The molecule has 0 aliphatic carbocycles. The minimum atomic E-state index is 0.363. The molecule has 0 saturated heterocycles. The highest BCUT2D eigenvalue weighted by molar-refractivity contribution is 4.61. The number of unbranched alkanes of at least 4 members (excludes halogenated alkanes) is 2. The summed E-state index contributed by atoms with van der Waals surface area (Å²) < 4.78 is 0. The third-order valence-corrected chi connectivity index (χ3v) is 2.97. The molecule has 0 aromatic heterocycles. The van der Waals surface area contributed by atoms with Crippen molar-refractivity contribution in [3.05, 3.63) is 0 Å². The quantitative estimate of drug-likeness (QED) is 0.432. The number of nitrogens with zero attached hydrogens (tertiary/aromatic N) is 1. The Morgan fingerprint density at radius 2 is 1.76 bits per heavy atom. The summed E-state index contributed by atoms with van der Waals surface area (Å²) in [6.07, 6.45) is 7.87. The molecule has 0 aliphatic rings. The van der Waals surface area contributed by atoms with Crippen LogP contribution in [0.3, 0.4) is 0 Å². The van der Waals surface area contributed by atoms with Crippen molar-refractivity contribution in [2.75, 3.05) is 13.6 Å². The maximum atomic E-state index is 5.82. The van der Waals surface area contributed by atoms with Crippen molar-refractivity contribution in [1.29, 1.82) is 0 Å². The lowest BCUT2D eigenvalue weighted by molar-refractivity contribution is -0.178. The third kappa shape index (κ3) is 12.2. The van der Waals surface area contributed by atoms with Crippen molar-refractivity contribution in [1.82, 2.24) is 5.06 Å². The summed E-state index contributed by atoms with van der Waals surface area (Å²) in [6, 6.07) is 0. The van der Waals surface area contributed by atoms with Crippen molar-refractivity contribution in [2.24, 2.45) is 5.41 Å². The minimum absolute atomic E-state index is 0.363. The summed E-state index contributed by atoms with van der Waals surface area (Å²) in [7, 11) is 2.06. The second kappa shape index (κ2) is 8.93. The first-order valence-corrected chi connectivity index (χ1v) is 7.23. The van der Waals surface area contributed by atoms with Crippen LogP contribution in [0.1, 0.15) is 73.1 Å². The fourth-order valence-corrected chi connectivity index (χ4v) is 1.89. The van der Waals surface area contributed by atoms with Crippen LogP contribution >= 0.6 is 0 Å². The summed E-state index contributed by atoms with van der Waals surface area (Å²) in [4.78, 5) is 5.82. The highest BCUT2D eigenvalue weighted by Crippen LogP contribution is 2.21. The van der Waals surface area contributed by atoms with Crippen LogP contribution < -0.4 is 0 Å². The molecular formula is C15H33NO. The van der Waals surface area contributed by atoms with Gasteiger partial charge in [0.05, 0.1) is 6.10 Å².